The smallest absolute Gasteiger partial charge is 0.251 e. The van der Waals surface area contributed by atoms with Crippen molar-refractivity contribution in [2.75, 3.05) is 19.1 Å². The molecule has 0 atom stereocenters. The Kier molecular flexibility index (Phi) is 7.28. The third-order valence-corrected chi connectivity index (χ3v) is 4.22. The summed E-state index contributed by atoms with van der Waals surface area (Å²) in [6.07, 6.45) is 0. The average Bonchev–Trinajstić information content (AvgIpc) is 2.58. The molecule has 0 bridgehead atoms. The predicted molar refractivity (Wildman–Crippen MR) is 98.4 cm³/mol. The summed E-state index contributed by atoms with van der Waals surface area (Å²) in [5.74, 6) is 1.78. The molecule has 0 aliphatic rings. The molecule has 0 aliphatic heterocycles. The van der Waals surface area contributed by atoms with Crippen molar-refractivity contribution < 1.29 is 14.3 Å². The Hall–Kier alpha value is -1.85. The van der Waals surface area contributed by atoms with Crippen LogP contribution in [0.2, 0.25) is 5.02 Å². The second kappa shape index (κ2) is 9.45. The zero-order valence-corrected chi connectivity index (χ0v) is 15.2. The van der Waals surface area contributed by atoms with Gasteiger partial charge in [0, 0.05) is 15.5 Å². The molecule has 0 saturated heterocycles. The minimum Gasteiger partial charge on any atom is -0.490 e. The lowest BCUT2D eigenvalue weighted by Crippen LogP contribution is -2.22. The van der Waals surface area contributed by atoms with Crippen molar-refractivity contribution in [3.8, 4) is 11.5 Å². The van der Waals surface area contributed by atoms with E-state index >= 15 is 0 Å². The third-order valence-electron chi connectivity index (χ3n) is 3.09. The van der Waals surface area contributed by atoms with Crippen molar-refractivity contribution in [2.24, 2.45) is 0 Å². The van der Waals surface area contributed by atoms with Crippen LogP contribution in [0.5, 0.6) is 11.5 Å². The van der Waals surface area contributed by atoms with Crippen LogP contribution in [-0.4, -0.2) is 25.0 Å². The molecule has 6 heteroatoms. The summed E-state index contributed by atoms with van der Waals surface area (Å²) in [7, 11) is 0. The molecule has 0 saturated carbocycles. The van der Waals surface area contributed by atoms with E-state index in [0.29, 0.717) is 35.4 Å². The fourth-order valence-electron chi connectivity index (χ4n) is 2.01. The van der Waals surface area contributed by atoms with Gasteiger partial charge in [0.2, 0.25) is 0 Å². The summed E-state index contributed by atoms with van der Waals surface area (Å²) in [6, 6.07) is 12.6. The first-order valence-corrected chi connectivity index (χ1v) is 9.06. The van der Waals surface area contributed by atoms with Gasteiger partial charge in [-0.15, -0.1) is 11.8 Å². The quantitative estimate of drug-likeness (QED) is 0.548. The molecular formula is C18H20ClNO3S. The van der Waals surface area contributed by atoms with Crippen molar-refractivity contribution in [1.82, 2.24) is 5.32 Å². The van der Waals surface area contributed by atoms with Crippen LogP contribution in [0.4, 0.5) is 0 Å². The molecular weight excluding hydrogens is 346 g/mol. The maximum atomic E-state index is 12.0. The fraction of sp³-hybridized carbons (Fsp3) is 0.278. The van der Waals surface area contributed by atoms with E-state index in [1.165, 1.54) is 11.8 Å². The van der Waals surface area contributed by atoms with E-state index < -0.39 is 0 Å². The van der Waals surface area contributed by atoms with E-state index in [1.54, 1.807) is 24.3 Å². The van der Waals surface area contributed by atoms with Crippen LogP contribution in [0.15, 0.2) is 47.4 Å². The van der Waals surface area contributed by atoms with Gasteiger partial charge in [-0.1, -0.05) is 11.6 Å². The molecule has 2 aromatic carbocycles. The number of hydrogen-bond donors (Lipinski definition) is 1. The molecule has 2 rings (SSSR count). The van der Waals surface area contributed by atoms with Crippen LogP contribution < -0.4 is 14.8 Å². The maximum Gasteiger partial charge on any atom is 0.251 e. The maximum absolute atomic E-state index is 12.0. The number of carbonyl (C=O) groups is 1. The molecule has 0 radical (unpaired) electrons. The third kappa shape index (κ3) is 5.35. The molecule has 128 valence electrons. The lowest BCUT2D eigenvalue weighted by atomic mass is 10.2. The van der Waals surface area contributed by atoms with Crippen LogP contribution in [0.25, 0.3) is 0 Å². The summed E-state index contributed by atoms with van der Waals surface area (Å²) in [6.45, 7) is 5.03. The van der Waals surface area contributed by atoms with Gasteiger partial charge >= 0.3 is 0 Å². The molecule has 0 unspecified atom stereocenters. The van der Waals surface area contributed by atoms with Gasteiger partial charge in [0.1, 0.15) is 0 Å². The zero-order valence-electron chi connectivity index (χ0n) is 13.7. The van der Waals surface area contributed by atoms with Gasteiger partial charge in [-0.05, 0) is 56.3 Å². The largest absolute Gasteiger partial charge is 0.490 e. The summed E-state index contributed by atoms with van der Waals surface area (Å²) in [4.78, 5) is 13.0. The highest BCUT2D eigenvalue weighted by Crippen LogP contribution is 2.32. The molecule has 2 aromatic rings. The van der Waals surface area contributed by atoms with Crippen molar-refractivity contribution in [3.05, 3.63) is 53.1 Å². The van der Waals surface area contributed by atoms with Gasteiger partial charge < -0.3 is 14.8 Å². The highest BCUT2D eigenvalue weighted by Gasteiger charge is 2.08. The first-order valence-electron chi connectivity index (χ1n) is 7.70. The van der Waals surface area contributed by atoms with Gasteiger partial charge in [0.25, 0.3) is 5.91 Å². The zero-order chi connectivity index (χ0) is 17.4. The number of ether oxygens (including phenoxy) is 2. The van der Waals surface area contributed by atoms with Crippen LogP contribution in [-0.2, 0) is 0 Å². The van der Waals surface area contributed by atoms with E-state index in [2.05, 4.69) is 5.32 Å². The number of hydrogen-bond acceptors (Lipinski definition) is 4. The molecule has 0 heterocycles. The lowest BCUT2D eigenvalue weighted by molar-refractivity contribution is 0.0961. The number of thioether (sulfide) groups is 1. The summed E-state index contributed by atoms with van der Waals surface area (Å²) >= 11 is 7.34. The van der Waals surface area contributed by atoms with Gasteiger partial charge in [-0.3, -0.25) is 4.79 Å². The first-order chi connectivity index (χ1) is 11.6. The van der Waals surface area contributed by atoms with E-state index in [9.17, 15) is 4.79 Å². The Labute approximate surface area is 151 Å². The molecule has 0 spiro atoms. The second-order valence-corrected chi connectivity index (χ2v) is 6.26. The van der Waals surface area contributed by atoms with Gasteiger partial charge in [0.15, 0.2) is 11.5 Å². The highest BCUT2D eigenvalue weighted by atomic mass is 35.5. The number of halogens is 1. The molecule has 0 aliphatic carbocycles. The minimum atomic E-state index is -0.130. The Bertz CT molecular complexity index is 676. The van der Waals surface area contributed by atoms with Crippen LogP contribution in [0.1, 0.15) is 24.2 Å². The molecule has 4 nitrogen and oxygen atoms in total. The molecule has 24 heavy (non-hydrogen) atoms. The highest BCUT2D eigenvalue weighted by molar-refractivity contribution is 7.99. The van der Waals surface area contributed by atoms with Crippen LogP contribution in [0, 0.1) is 0 Å². The first kappa shape index (κ1) is 18.5. The van der Waals surface area contributed by atoms with Crippen molar-refractivity contribution in [2.45, 2.75) is 18.7 Å². The van der Waals surface area contributed by atoms with E-state index in [4.69, 9.17) is 21.1 Å². The summed E-state index contributed by atoms with van der Waals surface area (Å²) < 4.78 is 11.1. The number of rotatable bonds is 8. The SMILES string of the molecule is CCOc1ccc(SCNC(=O)c2ccc(Cl)cc2)cc1OCC. The standard InChI is InChI=1S/C18H20ClNO3S/c1-3-22-16-10-9-15(11-17(16)23-4-2)24-12-20-18(21)13-5-7-14(19)8-6-13/h5-11H,3-4,12H2,1-2H3,(H,20,21). The van der Waals surface area contributed by atoms with Crippen molar-refractivity contribution in [3.63, 3.8) is 0 Å². The number of nitrogens with one attached hydrogen (secondary N) is 1. The fourth-order valence-corrected chi connectivity index (χ4v) is 2.86. The van der Waals surface area contributed by atoms with E-state index in [-0.39, 0.29) is 5.91 Å². The van der Waals surface area contributed by atoms with Crippen LogP contribution >= 0.6 is 23.4 Å². The van der Waals surface area contributed by atoms with E-state index in [0.717, 1.165) is 10.6 Å². The predicted octanol–water partition coefficient (Wildman–Crippen LogP) is 4.62. The number of amides is 1. The minimum absolute atomic E-state index is 0.130. The Morgan fingerprint density at radius 2 is 1.71 bits per heavy atom. The summed E-state index contributed by atoms with van der Waals surface area (Å²) in [5.41, 5.74) is 0.585. The van der Waals surface area contributed by atoms with Gasteiger partial charge in [-0.25, -0.2) is 0 Å². The Balaban J connectivity index is 1.92. The van der Waals surface area contributed by atoms with Gasteiger partial charge in [-0.2, -0.15) is 0 Å². The summed E-state index contributed by atoms with van der Waals surface area (Å²) in [5, 5.41) is 3.48. The second-order valence-electron chi connectivity index (χ2n) is 4.78. The number of benzene rings is 2. The molecule has 1 amide bonds. The van der Waals surface area contributed by atoms with E-state index in [1.807, 2.05) is 32.0 Å². The average molecular weight is 366 g/mol. The number of carbonyl (C=O) groups excluding carboxylic acids is 1. The molecule has 0 aromatic heterocycles. The van der Waals surface area contributed by atoms with Crippen molar-refractivity contribution in [1.29, 1.82) is 0 Å². The normalized spacial score (nSPS) is 10.3. The monoisotopic (exact) mass is 365 g/mol. The topological polar surface area (TPSA) is 47.6 Å². The van der Waals surface area contributed by atoms with Crippen molar-refractivity contribution >= 4 is 29.3 Å². The molecule has 1 N–H and O–H groups in total. The molecule has 0 fully saturated rings. The Morgan fingerprint density at radius 3 is 2.38 bits per heavy atom. The van der Waals surface area contributed by atoms with Crippen LogP contribution in [0.3, 0.4) is 0 Å². The lowest BCUT2D eigenvalue weighted by Gasteiger charge is -2.12. The van der Waals surface area contributed by atoms with Gasteiger partial charge in [0.05, 0.1) is 19.1 Å². The Morgan fingerprint density at radius 1 is 1.04 bits per heavy atom.